The van der Waals surface area contributed by atoms with E-state index in [1.54, 1.807) is 12.1 Å². The van der Waals surface area contributed by atoms with Crippen LogP contribution < -0.4 is 0 Å². The number of hydrogen-bond acceptors (Lipinski definition) is 10. The Hall–Kier alpha value is -16.2. The van der Waals surface area contributed by atoms with Gasteiger partial charge in [0.25, 0.3) is 0 Å². The minimum atomic E-state index is -0.574. The average molecular weight is 1610 g/mol. The molecule has 2 aliphatic heterocycles. The minimum Gasteiger partial charge on any atom is -0.309 e. The molecular formula is C109H64N12S2. The van der Waals surface area contributed by atoms with Crippen LogP contribution in [0.4, 0.5) is 11.4 Å². The quantitative estimate of drug-likeness (QED) is 0.135. The maximum Gasteiger partial charge on any atom is 0.200 e. The van der Waals surface area contributed by atoms with Crippen molar-refractivity contribution in [3.05, 3.63) is 442 Å². The van der Waals surface area contributed by atoms with E-state index in [0.29, 0.717) is 79.9 Å². The number of benzene rings is 16. The first-order chi connectivity index (χ1) is 60.3. The van der Waals surface area contributed by atoms with Crippen molar-refractivity contribution in [3.8, 4) is 114 Å². The summed E-state index contributed by atoms with van der Waals surface area (Å²) in [7, 11) is 0. The molecule has 24 rings (SSSR count). The van der Waals surface area contributed by atoms with Crippen LogP contribution in [0.15, 0.2) is 384 Å². The highest BCUT2D eigenvalue weighted by Gasteiger charge is 2.53. The van der Waals surface area contributed by atoms with Crippen LogP contribution in [0.1, 0.15) is 63.1 Å². The molecule has 12 nitrogen and oxygen atoms in total. The molecule has 0 bridgehead atoms. The standard InChI is InChI=1S/2C54H30N6S.CH4/c1-56-44-31-46(35(32-55)30-39(44)53-58-51(33-16-4-2-5-17-33)57-52(59-53)34-18-6-3-7-19-34)60-45-25-13-9-20-36(45)37-28-29-43-49(50(37)60)38-21-8-10-22-40(38)54(43)41-23-11-14-26-47(41)61-48-27-15-12-24-42(48)54;1-56-43-31-46(35(32-55)30-38(43)53-58-51(33-16-4-2-5-17-33)57-52(59-53)34-18-6-3-7-19-34)60-44-25-13-9-21-37(44)50-45(60)29-28-42-49(50)36-20-8-10-22-39(36)54(42)40-23-11-14-26-47(40)61-48-27-15-12-24-41(48)54;/h2*2-31H;1H4. The maximum atomic E-state index is 11.1. The molecule has 20 aromatic rings. The van der Waals surface area contributed by atoms with E-state index in [9.17, 15) is 10.5 Å². The summed E-state index contributed by atoms with van der Waals surface area (Å²) < 4.78 is 4.37. The molecule has 123 heavy (non-hydrogen) atoms. The molecule has 0 atom stereocenters. The Bertz CT molecular complexity index is 7820. The van der Waals surface area contributed by atoms with Crippen LogP contribution in [0.5, 0.6) is 0 Å². The summed E-state index contributed by atoms with van der Waals surface area (Å²) in [5.41, 5.74) is 24.3. The molecule has 6 heterocycles. The zero-order valence-corrected chi connectivity index (χ0v) is 66.5. The number of aromatic nitrogens is 8. The Labute approximate surface area is 717 Å². The smallest absolute Gasteiger partial charge is 0.200 e. The Kier molecular flexibility index (Phi) is 17.3. The third kappa shape index (κ3) is 11.0. The SMILES string of the molecule is C.[C-]#[N+]c1cc(-n2c3ccccc3c3c4c(ccc32)C2(c3ccccc3Sc3ccccc32)c2ccccc2-4)c(C#N)cc1-c1nc(-c2ccccc2)nc(-c2ccccc2)n1.[C-]#[N+]c1cc(-n2c3ccccc3c3ccc4c(c32)-c2ccccc2C42c3ccccc3Sc3ccccc32)c(C#N)cc1-c1nc(-c2ccccc2)nc(-c2ccccc2)n1. The Morgan fingerprint density at radius 1 is 0.285 bits per heavy atom. The van der Waals surface area contributed by atoms with Gasteiger partial charge in [0.15, 0.2) is 46.3 Å². The van der Waals surface area contributed by atoms with Crippen molar-refractivity contribution in [2.24, 2.45) is 0 Å². The van der Waals surface area contributed by atoms with Crippen molar-refractivity contribution in [1.29, 1.82) is 10.5 Å². The van der Waals surface area contributed by atoms with E-state index in [1.807, 2.05) is 169 Å². The summed E-state index contributed by atoms with van der Waals surface area (Å²) >= 11 is 3.66. The summed E-state index contributed by atoms with van der Waals surface area (Å²) in [4.78, 5) is 42.6. The summed E-state index contributed by atoms with van der Waals surface area (Å²) in [5.74, 6) is 2.59. The molecule has 572 valence electrons. The summed E-state index contributed by atoms with van der Waals surface area (Å²) in [6.45, 7) is 17.1. The van der Waals surface area contributed by atoms with E-state index in [4.69, 9.17) is 43.0 Å². The molecule has 0 radical (unpaired) electrons. The summed E-state index contributed by atoms with van der Waals surface area (Å²) in [5, 5.41) is 26.5. The van der Waals surface area contributed by atoms with E-state index in [1.165, 1.54) is 75.2 Å². The van der Waals surface area contributed by atoms with Crippen LogP contribution in [0.2, 0.25) is 0 Å². The van der Waals surface area contributed by atoms with Gasteiger partial charge in [0.2, 0.25) is 0 Å². The Balaban J connectivity index is 0.000000145. The van der Waals surface area contributed by atoms with Gasteiger partial charge in [-0.3, -0.25) is 0 Å². The molecule has 4 aromatic heterocycles. The number of nitrogens with zero attached hydrogens (tertiary/aromatic N) is 12. The number of para-hydroxylation sites is 2. The molecule has 2 spiro atoms. The molecule has 0 fully saturated rings. The largest absolute Gasteiger partial charge is 0.309 e. The first kappa shape index (κ1) is 73.2. The van der Waals surface area contributed by atoms with Gasteiger partial charge in [-0.05, 0) is 128 Å². The average Bonchev–Trinajstić information content (AvgIpc) is 1.51. The van der Waals surface area contributed by atoms with Crippen LogP contribution in [0.25, 0.3) is 155 Å². The van der Waals surface area contributed by atoms with Crippen LogP contribution in [0.3, 0.4) is 0 Å². The van der Waals surface area contributed by atoms with E-state index in [-0.39, 0.29) is 7.43 Å². The molecule has 0 unspecified atom stereocenters. The van der Waals surface area contributed by atoms with Crippen molar-refractivity contribution < 1.29 is 0 Å². The topological polar surface area (TPSA) is 144 Å². The lowest BCUT2D eigenvalue weighted by atomic mass is 9.67. The molecule has 0 amide bonds. The van der Waals surface area contributed by atoms with Crippen molar-refractivity contribution in [1.82, 2.24) is 39.0 Å². The van der Waals surface area contributed by atoms with Crippen molar-refractivity contribution in [2.75, 3.05) is 0 Å². The van der Waals surface area contributed by atoms with Gasteiger partial charge in [0.05, 0.1) is 68.5 Å². The second-order valence-electron chi connectivity index (χ2n) is 30.5. The van der Waals surface area contributed by atoms with E-state index in [2.05, 4.69) is 237 Å². The van der Waals surface area contributed by atoms with Crippen molar-refractivity contribution >= 4 is 78.5 Å². The second-order valence-corrected chi connectivity index (χ2v) is 32.7. The lowest BCUT2D eigenvalue weighted by Gasteiger charge is -2.39. The van der Waals surface area contributed by atoms with Crippen molar-refractivity contribution in [3.63, 3.8) is 0 Å². The monoisotopic (exact) mass is 1600 g/mol. The van der Waals surface area contributed by atoms with Crippen LogP contribution in [-0.4, -0.2) is 39.0 Å². The lowest BCUT2D eigenvalue weighted by Crippen LogP contribution is -2.31. The fourth-order valence-electron chi connectivity index (χ4n) is 19.4. The highest BCUT2D eigenvalue weighted by Crippen LogP contribution is 2.66. The van der Waals surface area contributed by atoms with E-state index in [0.717, 1.165) is 77.0 Å². The molecule has 14 heteroatoms. The van der Waals surface area contributed by atoms with Gasteiger partial charge < -0.3 is 9.13 Å². The second kappa shape index (κ2) is 29.1. The van der Waals surface area contributed by atoms with Gasteiger partial charge >= 0.3 is 0 Å². The van der Waals surface area contributed by atoms with Gasteiger partial charge in [0, 0.05) is 80.1 Å². The van der Waals surface area contributed by atoms with Gasteiger partial charge in [0.1, 0.15) is 12.1 Å². The van der Waals surface area contributed by atoms with Gasteiger partial charge in [-0.1, -0.05) is 328 Å². The zero-order valence-electron chi connectivity index (χ0n) is 64.8. The Morgan fingerprint density at radius 2 is 0.618 bits per heavy atom. The maximum absolute atomic E-state index is 11.1. The minimum absolute atomic E-state index is 0. The first-order valence-corrected chi connectivity index (χ1v) is 41.7. The molecule has 0 saturated carbocycles. The predicted octanol–water partition coefficient (Wildman–Crippen LogP) is 27.1. The molecule has 0 saturated heterocycles. The van der Waals surface area contributed by atoms with Gasteiger partial charge in [-0.2, -0.15) is 10.5 Å². The van der Waals surface area contributed by atoms with Gasteiger partial charge in [-0.15, -0.1) is 0 Å². The number of fused-ring (bicyclic) bond motifs is 26. The number of nitriles is 2. The van der Waals surface area contributed by atoms with E-state index < -0.39 is 10.8 Å². The predicted molar refractivity (Wildman–Crippen MR) is 492 cm³/mol. The van der Waals surface area contributed by atoms with E-state index >= 15 is 0 Å². The summed E-state index contributed by atoms with van der Waals surface area (Å²) in [6, 6.07) is 130. The van der Waals surface area contributed by atoms with Crippen LogP contribution >= 0.6 is 23.5 Å². The summed E-state index contributed by atoms with van der Waals surface area (Å²) in [6.07, 6.45) is 0. The normalized spacial score (nSPS) is 12.8. The third-order valence-electron chi connectivity index (χ3n) is 24.4. The molecule has 16 aromatic carbocycles. The highest BCUT2D eigenvalue weighted by atomic mass is 32.2. The number of hydrogen-bond donors (Lipinski definition) is 0. The molecule has 2 aliphatic carbocycles. The molecule has 4 aliphatic rings. The first-order valence-electron chi connectivity index (χ1n) is 40.1. The Morgan fingerprint density at radius 3 is 1.04 bits per heavy atom. The lowest BCUT2D eigenvalue weighted by molar-refractivity contribution is 0.723. The molecule has 0 N–H and O–H groups in total. The van der Waals surface area contributed by atoms with Gasteiger partial charge in [-0.25, -0.2) is 39.6 Å². The highest BCUT2D eigenvalue weighted by molar-refractivity contribution is 7.99. The fraction of sp³-hybridized carbons (Fsp3) is 0.0275. The third-order valence-corrected chi connectivity index (χ3v) is 26.7. The van der Waals surface area contributed by atoms with Crippen LogP contribution in [0, 0.1) is 35.8 Å². The zero-order chi connectivity index (χ0) is 81.3. The van der Waals surface area contributed by atoms with Crippen molar-refractivity contribution in [2.45, 2.75) is 37.8 Å². The fourth-order valence-corrected chi connectivity index (χ4v) is 21.8. The molecular weight excluding hydrogens is 1540 g/mol. The number of rotatable bonds is 8. The van der Waals surface area contributed by atoms with Crippen LogP contribution in [-0.2, 0) is 10.8 Å².